The molecule has 0 aromatic rings. The molecule has 24 heavy (non-hydrogen) atoms. The van der Waals surface area contributed by atoms with E-state index in [0.29, 0.717) is 30.3 Å². The molecule has 5 aliphatic rings. The summed E-state index contributed by atoms with van der Waals surface area (Å²) in [6.45, 7) is 1.47. The third-order valence-electron chi connectivity index (χ3n) is 7.67. The number of hydrogen-bond donors (Lipinski definition) is 0. The molecule has 3 saturated carbocycles. The number of carbonyl (C=O) groups is 1. The average Bonchev–Trinajstić information content (AvgIpc) is 3.37. The van der Waals surface area contributed by atoms with Crippen molar-refractivity contribution in [3.05, 3.63) is 12.2 Å². The van der Waals surface area contributed by atoms with Crippen molar-refractivity contribution in [2.24, 2.45) is 47.3 Å². The highest BCUT2D eigenvalue weighted by Gasteiger charge is 2.66. The maximum Gasteiger partial charge on any atom is 0.309 e. The molecule has 0 radical (unpaired) electrons. The average molecular weight is 332 g/mol. The molecule has 1 aliphatic heterocycles. The fourth-order valence-electron chi connectivity index (χ4n) is 6.94. The van der Waals surface area contributed by atoms with Crippen LogP contribution in [0.2, 0.25) is 0 Å². The first-order chi connectivity index (χ1) is 11.8. The Bertz CT molecular complexity index is 538. The minimum atomic E-state index is -0.0631. The van der Waals surface area contributed by atoms with Crippen LogP contribution in [0, 0.1) is 47.3 Å². The third-order valence-corrected chi connectivity index (χ3v) is 7.67. The molecule has 9 unspecified atom stereocenters. The van der Waals surface area contributed by atoms with E-state index >= 15 is 0 Å². The maximum atomic E-state index is 12.5. The van der Waals surface area contributed by atoms with Gasteiger partial charge in [-0.05, 0) is 73.5 Å². The molecule has 0 N–H and O–H groups in total. The first-order valence-electron chi connectivity index (χ1n) is 9.77. The number of esters is 1. The molecule has 1 heterocycles. The van der Waals surface area contributed by atoms with Gasteiger partial charge in [-0.25, -0.2) is 0 Å². The Morgan fingerprint density at radius 1 is 1.12 bits per heavy atom. The topological polar surface area (TPSA) is 44.8 Å². The lowest BCUT2D eigenvalue weighted by Gasteiger charge is -2.41. The maximum absolute atomic E-state index is 12.5. The Hall–Kier alpha value is -0.870. The number of carbonyl (C=O) groups excluding carboxylic acids is 1. The Balaban J connectivity index is 1.34. The second-order valence-corrected chi connectivity index (χ2v) is 8.51. The molecule has 0 spiro atoms. The van der Waals surface area contributed by atoms with E-state index in [1.54, 1.807) is 0 Å². The second kappa shape index (κ2) is 5.84. The van der Waals surface area contributed by atoms with Gasteiger partial charge in [0.2, 0.25) is 0 Å². The number of fused-ring (bicyclic) bond motifs is 9. The number of hydrogen-bond acceptors (Lipinski definition) is 4. The summed E-state index contributed by atoms with van der Waals surface area (Å²) >= 11 is 0. The largest absolute Gasteiger partial charge is 0.469 e. The third kappa shape index (κ3) is 2.15. The van der Waals surface area contributed by atoms with Crippen molar-refractivity contribution in [1.29, 1.82) is 0 Å². The van der Waals surface area contributed by atoms with E-state index in [1.165, 1.54) is 26.4 Å². The highest BCUT2D eigenvalue weighted by molar-refractivity contribution is 5.74. The molecule has 9 atom stereocenters. The van der Waals surface area contributed by atoms with Crippen LogP contribution in [0.25, 0.3) is 0 Å². The number of ether oxygens (including phenoxy) is 3. The molecule has 1 saturated heterocycles. The lowest BCUT2D eigenvalue weighted by Crippen LogP contribution is -2.43. The number of allylic oxidation sites excluding steroid dienone is 2. The van der Waals surface area contributed by atoms with E-state index in [4.69, 9.17) is 14.2 Å². The van der Waals surface area contributed by atoms with Crippen LogP contribution in [0.5, 0.6) is 0 Å². The predicted molar refractivity (Wildman–Crippen MR) is 87.9 cm³/mol. The molecule has 4 aliphatic carbocycles. The van der Waals surface area contributed by atoms with Gasteiger partial charge in [0.15, 0.2) is 6.29 Å². The first-order valence-corrected chi connectivity index (χ1v) is 9.77. The zero-order valence-electron chi connectivity index (χ0n) is 14.4. The minimum Gasteiger partial charge on any atom is -0.469 e. The van der Waals surface area contributed by atoms with Gasteiger partial charge >= 0.3 is 5.97 Å². The Labute approximate surface area is 143 Å². The summed E-state index contributed by atoms with van der Waals surface area (Å²) in [5, 5.41) is 0. The smallest absolute Gasteiger partial charge is 0.309 e. The minimum absolute atomic E-state index is 0.00846. The Morgan fingerprint density at radius 2 is 1.92 bits per heavy atom. The van der Waals surface area contributed by atoms with Gasteiger partial charge in [-0.2, -0.15) is 0 Å². The van der Waals surface area contributed by atoms with Gasteiger partial charge < -0.3 is 14.2 Å². The molecule has 4 nitrogen and oxygen atoms in total. The highest BCUT2D eigenvalue weighted by atomic mass is 16.7. The van der Waals surface area contributed by atoms with Gasteiger partial charge in [-0.1, -0.05) is 12.2 Å². The zero-order valence-corrected chi connectivity index (χ0v) is 14.4. The summed E-state index contributed by atoms with van der Waals surface area (Å²) in [6.07, 6.45) is 10.6. The van der Waals surface area contributed by atoms with E-state index in [9.17, 15) is 4.79 Å². The van der Waals surface area contributed by atoms with Crippen molar-refractivity contribution < 1.29 is 19.0 Å². The van der Waals surface area contributed by atoms with Gasteiger partial charge in [0.05, 0.1) is 19.6 Å². The molecule has 0 amide bonds. The number of rotatable bonds is 4. The summed E-state index contributed by atoms with van der Waals surface area (Å²) < 4.78 is 17.0. The summed E-state index contributed by atoms with van der Waals surface area (Å²) in [5.74, 6) is 4.46. The van der Waals surface area contributed by atoms with Crippen LogP contribution in [0.3, 0.4) is 0 Å². The Morgan fingerprint density at radius 3 is 2.62 bits per heavy atom. The normalized spacial score (nSPS) is 51.1. The van der Waals surface area contributed by atoms with E-state index in [-0.39, 0.29) is 18.2 Å². The molecule has 4 heteroatoms. The lowest BCUT2D eigenvalue weighted by molar-refractivity contribution is -0.181. The van der Waals surface area contributed by atoms with Crippen molar-refractivity contribution >= 4 is 5.97 Å². The monoisotopic (exact) mass is 332 g/mol. The standard InChI is InChI=1S/C20H28O4/c1-22-20(21)19-14-9-13(17-11-5-6-12(8-11)18(14)17)15(19)10-24-16-4-2-3-7-23-16/h5-6,11-19H,2-4,7-10H2,1H3. The van der Waals surface area contributed by atoms with Crippen molar-refractivity contribution in [3.63, 3.8) is 0 Å². The van der Waals surface area contributed by atoms with E-state index in [0.717, 1.165) is 37.2 Å². The van der Waals surface area contributed by atoms with Crippen LogP contribution in [0.1, 0.15) is 32.1 Å². The summed E-state index contributed by atoms with van der Waals surface area (Å²) in [4.78, 5) is 12.5. The van der Waals surface area contributed by atoms with Crippen molar-refractivity contribution in [3.8, 4) is 0 Å². The molecule has 0 aromatic carbocycles. The molecule has 4 fully saturated rings. The summed E-state index contributed by atoms with van der Waals surface area (Å²) in [7, 11) is 1.54. The summed E-state index contributed by atoms with van der Waals surface area (Å²) in [6, 6.07) is 0. The quantitative estimate of drug-likeness (QED) is 0.451. The van der Waals surface area contributed by atoms with E-state index in [2.05, 4.69) is 12.2 Å². The first kappa shape index (κ1) is 15.4. The van der Waals surface area contributed by atoms with Crippen LogP contribution < -0.4 is 0 Å². The molecule has 132 valence electrons. The highest BCUT2D eigenvalue weighted by Crippen LogP contribution is 2.68. The molecular weight excluding hydrogens is 304 g/mol. The fourth-order valence-corrected chi connectivity index (χ4v) is 6.94. The predicted octanol–water partition coefficient (Wildman–Crippen LogP) is 3.02. The van der Waals surface area contributed by atoms with E-state index in [1.807, 2.05) is 0 Å². The van der Waals surface area contributed by atoms with Gasteiger partial charge in [-0.3, -0.25) is 4.79 Å². The van der Waals surface area contributed by atoms with Crippen LogP contribution in [-0.4, -0.2) is 32.6 Å². The van der Waals surface area contributed by atoms with Crippen molar-refractivity contribution in [1.82, 2.24) is 0 Å². The molecular formula is C20H28O4. The molecule has 4 bridgehead atoms. The van der Waals surface area contributed by atoms with E-state index < -0.39 is 0 Å². The molecule has 0 aromatic heterocycles. The fraction of sp³-hybridized carbons (Fsp3) is 0.850. The zero-order chi connectivity index (χ0) is 16.3. The number of methoxy groups -OCH3 is 1. The van der Waals surface area contributed by atoms with Crippen molar-refractivity contribution in [2.75, 3.05) is 20.3 Å². The Kier molecular flexibility index (Phi) is 3.75. The van der Waals surface area contributed by atoms with Crippen molar-refractivity contribution in [2.45, 2.75) is 38.4 Å². The van der Waals surface area contributed by atoms with Crippen LogP contribution >= 0.6 is 0 Å². The summed E-state index contributed by atoms with van der Waals surface area (Å²) in [5.41, 5.74) is 0. The van der Waals surface area contributed by atoms with Gasteiger partial charge in [0.1, 0.15) is 0 Å². The van der Waals surface area contributed by atoms with Gasteiger partial charge in [0, 0.05) is 6.61 Å². The van der Waals surface area contributed by atoms with Crippen LogP contribution in [0.4, 0.5) is 0 Å². The lowest BCUT2D eigenvalue weighted by atomic mass is 9.65. The molecule has 5 rings (SSSR count). The SMILES string of the molecule is COC(=O)C1C(COC2CCCCO2)C2CC1C1C3C=CC(C3)C21. The van der Waals surface area contributed by atoms with Gasteiger partial charge in [0.25, 0.3) is 0 Å². The van der Waals surface area contributed by atoms with Crippen LogP contribution in [-0.2, 0) is 19.0 Å². The van der Waals surface area contributed by atoms with Gasteiger partial charge in [-0.15, -0.1) is 0 Å². The van der Waals surface area contributed by atoms with Crippen LogP contribution in [0.15, 0.2) is 12.2 Å². The second-order valence-electron chi connectivity index (χ2n) is 8.51.